The second-order valence-corrected chi connectivity index (χ2v) is 3.67. The number of hydrogen-bond donors (Lipinski definition) is 0. The van der Waals surface area contributed by atoms with Crippen LogP contribution in [0.3, 0.4) is 0 Å². The van der Waals surface area contributed by atoms with Gasteiger partial charge >= 0.3 is 0 Å². The smallest absolute Gasteiger partial charge is 0.137 e. The van der Waals surface area contributed by atoms with E-state index in [2.05, 4.69) is 0 Å². The SMILES string of the molecule is O=CC(S/C=C/Cl)c1ccccc1. The van der Waals surface area contributed by atoms with Gasteiger partial charge < -0.3 is 4.79 Å². The second kappa shape index (κ2) is 5.84. The number of carbonyl (C=O) groups is 1. The summed E-state index contributed by atoms with van der Waals surface area (Å²) in [4.78, 5) is 10.7. The number of halogens is 1. The average molecular weight is 213 g/mol. The molecule has 1 rings (SSSR count). The highest BCUT2D eigenvalue weighted by Crippen LogP contribution is 2.27. The summed E-state index contributed by atoms with van der Waals surface area (Å²) in [6.45, 7) is 0. The number of benzene rings is 1. The molecular formula is C10H9ClOS. The molecule has 1 aromatic carbocycles. The normalized spacial score (nSPS) is 13.0. The van der Waals surface area contributed by atoms with E-state index in [9.17, 15) is 4.79 Å². The summed E-state index contributed by atoms with van der Waals surface area (Å²) >= 11 is 6.77. The molecule has 0 fully saturated rings. The Morgan fingerprint density at radius 1 is 1.31 bits per heavy atom. The third-order valence-corrected chi connectivity index (χ3v) is 2.77. The predicted molar refractivity (Wildman–Crippen MR) is 57.8 cm³/mol. The Balaban J connectivity index is 2.72. The maximum absolute atomic E-state index is 10.7. The van der Waals surface area contributed by atoms with Gasteiger partial charge in [0.1, 0.15) is 6.29 Å². The van der Waals surface area contributed by atoms with Crippen LogP contribution < -0.4 is 0 Å². The van der Waals surface area contributed by atoms with E-state index in [0.717, 1.165) is 11.8 Å². The van der Waals surface area contributed by atoms with E-state index >= 15 is 0 Å². The van der Waals surface area contributed by atoms with Crippen LogP contribution in [-0.2, 0) is 4.79 Å². The highest BCUT2D eigenvalue weighted by molar-refractivity contribution is 8.02. The second-order valence-electron chi connectivity index (χ2n) is 2.37. The quantitative estimate of drug-likeness (QED) is 0.712. The molecule has 68 valence electrons. The highest BCUT2D eigenvalue weighted by Gasteiger charge is 2.07. The van der Waals surface area contributed by atoms with Gasteiger partial charge in [0.15, 0.2) is 0 Å². The molecule has 0 aliphatic rings. The van der Waals surface area contributed by atoms with Crippen molar-refractivity contribution in [3.63, 3.8) is 0 Å². The van der Waals surface area contributed by atoms with Gasteiger partial charge in [-0.1, -0.05) is 41.9 Å². The zero-order valence-corrected chi connectivity index (χ0v) is 8.46. The van der Waals surface area contributed by atoms with E-state index in [1.165, 1.54) is 17.3 Å². The number of aldehydes is 1. The van der Waals surface area contributed by atoms with Crippen molar-refractivity contribution in [2.24, 2.45) is 0 Å². The number of hydrogen-bond acceptors (Lipinski definition) is 2. The lowest BCUT2D eigenvalue weighted by molar-refractivity contribution is -0.107. The standard InChI is InChI=1S/C10H9ClOS/c11-6-7-13-10(8-12)9-4-2-1-3-5-9/h1-8,10H/b7-6+. The van der Waals surface area contributed by atoms with Gasteiger partial charge in [-0.15, -0.1) is 11.8 Å². The summed E-state index contributed by atoms with van der Waals surface area (Å²) < 4.78 is 0. The molecule has 0 saturated carbocycles. The fraction of sp³-hybridized carbons (Fsp3) is 0.100. The van der Waals surface area contributed by atoms with Gasteiger partial charge in [0.25, 0.3) is 0 Å². The molecule has 1 atom stereocenters. The first-order valence-electron chi connectivity index (χ1n) is 3.79. The lowest BCUT2D eigenvalue weighted by Crippen LogP contribution is -1.92. The molecule has 3 heteroatoms. The Labute approximate surface area is 86.8 Å². The third kappa shape index (κ3) is 3.25. The number of carbonyl (C=O) groups excluding carboxylic acids is 1. The number of rotatable bonds is 4. The van der Waals surface area contributed by atoms with Crippen molar-refractivity contribution >= 4 is 29.6 Å². The molecule has 1 unspecified atom stereocenters. The predicted octanol–water partition coefficient (Wildman–Crippen LogP) is 3.37. The summed E-state index contributed by atoms with van der Waals surface area (Å²) in [7, 11) is 0. The Morgan fingerprint density at radius 2 is 2.00 bits per heavy atom. The minimum absolute atomic E-state index is 0.156. The molecule has 0 aliphatic heterocycles. The zero-order chi connectivity index (χ0) is 9.52. The summed E-state index contributed by atoms with van der Waals surface area (Å²) in [5.41, 5.74) is 2.40. The Bertz CT molecular complexity index is 284. The van der Waals surface area contributed by atoms with Crippen molar-refractivity contribution in [1.29, 1.82) is 0 Å². The summed E-state index contributed by atoms with van der Waals surface area (Å²) in [5, 5.41) is 1.55. The summed E-state index contributed by atoms with van der Waals surface area (Å²) in [6, 6.07) is 9.60. The van der Waals surface area contributed by atoms with E-state index in [1.807, 2.05) is 30.3 Å². The molecule has 1 aromatic rings. The van der Waals surface area contributed by atoms with E-state index < -0.39 is 0 Å². The van der Waals surface area contributed by atoms with Gasteiger partial charge in [0.2, 0.25) is 0 Å². The van der Waals surface area contributed by atoms with Gasteiger partial charge in [0, 0.05) is 5.54 Å². The van der Waals surface area contributed by atoms with Crippen LogP contribution in [0.2, 0.25) is 0 Å². The lowest BCUT2D eigenvalue weighted by Gasteiger charge is -2.05. The van der Waals surface area contributed by atoms with E-state index in [0.29, 0.717) is 0 Å². The highest BCUT2D eigenvalue weighted by atomic mass is 35.5. The van der Waals surface area contributed by atoms with Crippen molar-refractivity contribution in [3.05, 3.63) is 46.8 Å². The monoisotopic (exact) mass is 212 g/mol. The van der Waals surface area contributed by atoms with Crippen molar-refractivity contribution in [1.82, 2.24) is 0 Å². The van der Waals surface area contributed by atoms with Crippen LogP contribution in [0.25, 0.3) is 0 Å². The maximum atomic E-state index is 10.7. The molecule has 0 heterocycles. The van der Waals surface area contributed by atoms with Crippen LogP contribution in [0.15, 0.2) is 41.3 Å². The van der Waals surface area contributed by atoms with Gasteiger partial charge in [-0.25, -0.2) is 0 Å². The van der Waals surface area contributed by atoms with Gasteiger partial charge in [-0.2, -0.15) is 0 Å². The average Bonchev–Trinajstić information content (AvgIpc) is 2.21. The first-order chi connectivity index (χ1) is 6.38. The zero-order valence-electron chi connectivity index (χ0n) is 6.89. The molecule has 0 N–H and O–H groups in total. The molecule has 0 bridgehead atoms. The maximum Gasteiger partial charge on any atom is 0.137 e. The van der Waals surface area contributed by atoms with Crippen LogP contribution in [0.5, 0.6) is 0 Å². The summed E-state index contributed by atoms with van der Waals surface area (Å²) in [5.74, 6) is 0. The van der Waals surface area contributed by atoms with E-state index in [-0.39, 0.29) is 5.25 Å². The first kappa shape index (κ1) is 10.4. The molecule has 0 spiro atoms. The van der Waals surface area contributed by atoms with Crippen LogP contribution in [0.4, 0.5) is 0 Å². The van der Waals surface area contributed by atoms with E-state index in [1.54, 1.807) is 5.41 Å². The van der Waals surface area contributed by atoms with Gasteiger partial charge in [0.05, 0.1) is 5.25 Å². The molecule has 1 nitrogen and oxygen atoms in total. The Kier molecular flexibility index (Phi) is 4.65. The van der Waals surface area contributed by atoms with Gasteiger partial charge in [-0.3, -0.25) is 0 Å². The van der Waals surface area contributed by atoms with Gasteiger partial charge in [-0.05, 0) is 11.0 Å². The van der Waals surface area contributed by atoms with Crippen LogP contribution in [-0.4, -0.2) is 6.29 Å². The van der Waals surface area contributed by atoms with Crippen molar-refractivity contribution in [2.75, 3.05) is 0 Å². The molecule has 0 aliphatic carbocycles. The van der Waals surface area contributed by atoms with Crippen LogP contribution in [0.1, 0.15) is 10.8 Å². The largest absolute Gasteiger partial charge is 0.302 e. The van der Waals surface area contributed by atoms with Crippen LogP contribution >= 0.6 is 23.4 Å². The van der Waals surface area contributed by atoms with Crippen LogP contribution in [0, 0.1) is 0 Å². The summed E-state index contributed by atoms with van der Waals surface area (Å²) in [6.07, 6.45) is 0.914. The molecular weight excluding hydrogens is 204 g/mol. The van der Waals surface area contributed by atoms with Crippen molar-refractivity contribution in [3.8, 4) is 0 Å². The fourth-order valence-corrected chi connectivity index (χ4v) is 1.73. The minimum Gasteiger partial charge on any atom is -0.302 e. The molecule has 13 heavy (non-hydrogen) atoms. The number of thioether (sulfide) groups is 1. The topological polar surface area (TPSA) is 17.1 Å². The van der Waals surface area contributed by atoms with Crippen molar-refractivity contribution in [2.45, 2.75) is 5.25 Å². The van der Waals surface area contributed by atoms with E-state index in [4.69, 9.17) is 11.6 Å². The molecule has 0 aromatic heterocycles. The molecule has 0 radical (unpaired) electrons. The Morgan fingerprint density at radius 3 is 2.54 bits per heavy atom. The minimum atomic E-state index is -0.156. The first-order valence-corrected chi connectivity index (χ1v) is 5.17. The lowest BCUT2D eigenvalue weighted by atomic mass is 10.2. The molecule has 0 amide bonds. The van der Waals surface area contributed by atoms with Crippen molar-refractivity contribution < 1.29 is 4.79 Å². The fourth-order valence-electron chi connectivity index (χ4n) is 0.946. The Hall–Kier alpha value is -0.730. The molecule has 0 saturated heterocycles. The third-order valence-electron chi connectivity index (χ3n) is 1.53.